The first kappa shape index (κ1) is 12.3. The average Bonchev–Trinajstić information content (AvgIpc) is 2.63. The van der Waals surface area contributed by atoms with Crippen LogP contribution in [0.15, 0.2) is 10.6 Å². The molecule has 0 atom stereocenters. The number of ketones is 1. The first-order chi connectivity index (χ1) is 7.97. The number of aromatic nitrogens is 1. The molecule has 1 fully saturated rings. The Balaban J connectivity index is 2.10. The summed E-state index contributed by atoms with van der Waals surface area (Å²) in [6, 6.07) is 1.59. The highest BCUT2D eigenvalue weighted by Crippen LogP contribution is 2.15. The van der Waals surface area contributed by atoms with Crippen LogP contribution in [-0.4, -0.2) is 36.8 Å². The molecular formula is C10H14N2O4S. The van der Waals surface area contributed by atoms with Crippen LogP contribution < -0.4 is 0 Å². The number of carbonyl (C=O) groups is 1. The molecule has 0 saturated carbocycles. The Kier molecular flexibility index (Phi) is 3.30. The van der Waals surface area contributed by atoms with Crippen molar-refractivity contribution in [3.8, 4) is 0 Å². The Morgan fingerprint density at radius 3 is 2.88 bits per heavy atom. The second kappa shape index (κ2) is 4.58. The van der Waals surface area contributed by atoms with Crippen LogP contribution in [0.1, 0.15) is 24.3 Å². The molecule has 7 heteroatoms. The molecule has 1 aliphatic heterocycles. The van der Waals surface area contributed by atoms with Gasteiger partial charge in [0.1, 0.15) is 23.0 Å². The SMILES string of the molecule is Cc1cc(CS(=O)(=O)N2CCCC(=O)C2)no1. The van der Waals surface area contributed by atoms with Gasteiger partial charge in [0.05, 0.1) is 6.54 Å². The van der Waals surface area contributed by atoms with E-state index in [1.807, 2.05) is 0 Å². The fourth-order valence-electron chi connectivity index (χ4n) is 1.81. The summed E-state index contributed by atoms with van der Waals surface area (Å²) in [6.07, 6.45) is 1.06. The average molecular weight is 258 g/mol. The molecule has 1 aliphatic rings. The van der Waals surface area contributed by atoms with Gasteiger partial charge in [-0.15, -0.1) is 0 Å². The Hall–Kier alpha value is -1.21. The number of piperidine rings is 1. The summed E-state index contributed by atoms with van der Waals surface area (Å²) in [4.78, 5) is 11.2. The summed E-state index contributed by atoms with van der Waals surface area (Å²) in [5.74, 6) is 0.332. The minimum atomic E-state index is -3.47. The van der Waals surface area contributed by atoms with Crippen molar-refractivity contribution >= 4 is 15.8 Å². The number of Topliss-reactive ketones (excluding diaryl/α,β-unsaturated/α-hetero) is 1. The van der Waals surface area contributed by atoms with Gasteiger partial charge in [0.15, 0.2) is 0 Å². The van der Waals surface area contributed by atoms with Crippen LogP contribution in [0.2, 0.25) is 0 Å². The lowest BCUT2D eigenvalue weighted by molar-refractivity contribution is -0.120. The van der Waals surface area contributed by atoms with Gasteiger partial charge in [-0.1, -0.05) is 5.16 Å². The van der Waals surface area contributed by atoms with Gasteiger partial charge in [0.2, 0.25) is 10.0 Å². The van der Waals surface area contributed by atoms with Gasteiger partial charge in [0, 0.05) is 19.0 Å². The third-order valence-electron chi connectivity index (χ3n) is 2.62. The van der Waals surface area contributed by atoms with E-state index in [-0.39, 0.29) is 18.1 Å². The zero-order valence-corrected chi connectivity index (χ0v) is 10.4. The van der Waals surface area contributed by atoms with E-state index in [0.29, 0.717) is 30.8 Å². The Morgan fingerprint density at radius 1 is 1.53 bits per heavy atom. The molecule has 2 rings (SSSR count). The quantitative estimate of drug-likeness (QED) is 0.787. The minimum Gasteiger partial charge on any atom is -0.361 e. The second-order valence-corrected chi connectivity index (χ2v) is 6.13. The molecule has 1 aromatic heterocycles. The highest BCUT2D eigenvalue weighted by Gasteiger charge is 2.28. The summed E-state index contributed by atoms with van der Waals surface area (Å²) >= 11 is 0. The Bertz CT molecular complexity index is 520. The molecule has 94 valence electrons. The van der Waals surface area contributed by atoms with Crippen molar-refractivity contribution in [2.75, 3.05) is 13.1 Å². The van der Waals surface area contributed by atoms with Crippen molar-refractivity contribution in [1.82, 2.24) is 9.46 Å². The molecule has 0 amide bonds. The van der Waals surface area contributed by atoms with E-state index >= 15 is 0 Å². The summed E-state index contributed by atoms with van der Waals surface area (Å²) in [5, 5.41) is 3.65. The summed E-state index contributed by atoms with van der Waals surface area (Å²) in [6.45, 7) is 2.09. The number of rotatable bonds is 3. The highest BCUT2D eigenvalue weighted by atomic mass is 32.2. The first-order valence-electron chi connectivity index (χ1n) is 5.39. The van der Waals surface area contributed by atoms with Crippen LogP contribution >= 0.6 is 0 Å². The lowest BCUT2D eigenvalue weighted by Crippen LogP contribution is -2.40. The second-order valence-electron chi connectivity index (χ2n) is 4.16. The normalized spacial score (nSPS) is 18.5. The number of nitrogens with zero attached hydrogens (tertiary/aromatic N) is 2. The zero-order valence-electron chi connectivity index (χ0n) is 9.55. The van der Waals surface area contributed by atoms with Gasteiger partial charge in [-0.05, 0) is 13.3 Å². The number of hydrogen-bond donors (Lipinski definition) is 0. The molecular weight excluding hydrogens is 244 g/mol. The maximum absolute atomic E-state index is 12.0. The number of aryl methyl sites for hydroxylation is 1. The van der Waals surface area contributed by atoms with E-state index in [0.717, 1.165) is 0 Å². The van der Waals surface area contributed by atoms with E-state index in [1.165, 1.54) is 4.31 Å². The van der Waals surface area contributed by atoms with E-state index in [2.05, 4.69) is 5.16 Å². The molecule has 6 nitrogen and oxygen atoms in total. The largest absolute Gasteiger partial charge is 0.361 e. The monoisotopic (exact) mass is 258 g/mol. The fraction of sp³-hybridized carbons (Fsp3) is 0.600. The molecule has 17 heavy (non-hydrogen) atoms. The molecule has 0 N–H and O–H groups in total. The van der Waals surface area contributed by atoms with E-state index in [4.69, 9.17) is 4.52 Å². The zero-order chi connectivity index (χ0) is 12.5. The van der Waals surface area contributed by atoms with Gasteiger partial charge < -0.3 is 4.52 Å². The summed E-state index contributed by atoms with van der Waals surface area (Å²) in [7, 11) is -3.47. The number of hydrogen-bond acceptors (Lipinski definition) is 5. The van der Waals surface area contributed by atoms with Crippen molar-refractivity contribution in [2.24, 2.45) is 0 Å². The lowest BCUT2D eigenvalue weighted by Gasteiger charge is -2.24. The molecule has 0 bridgehead atoms. The maximum Gasteiger partial charge on any atom is 0.220 e. The first-order valence-corrected chi connectivity index (χ1v) is 7.00. The summed E-state index contributed by atoms with van der Waals surface area (Å²) in [5.41, 5.74) is 0.375. The van der Waals surface area contributed by atoms with Crippen LogP contribution in [0, 0.1) is 6.92 Å². The number of sulfonamides is 1. The molecule has 1 aromatic rings. The highest BCUT2D eigenvalue weighted by molar-refractivity contribution is 7.88. The molecule has 0 radical (unpaired) electrons. The van der Waals surface area contributed by atoms with Gasteiger partial charge in [-0.2, -0.15) is 4.31 Å². The number of carbonyl (C=O) groups excluding carboxylic acids is 1. The molecule has 1 saturated heterocycles. The molecule has 0 unspecified atom stereocenters. The lowest BCUT2D eigenvalue weighted by atomic mass is 10.1. The van der Waals surface area contributed by atoms with E-state index in [9.17, 15) is 13.2 Å². The molecule has 0 spiro atoms. The molecule has 0 aromatic carbocycles. The van der Waals surface area contributed by atoms with Crippen molar-refractivity contribution in [3.05, 3.63) is 17.5 Å². The van der Waals surface area contributed by atoms with Crippen molar-refractivity contribution in [1.29, 1.82) is 0 Å². The van der Waals surface area contributed by atoms with Gasteiger partial charge in [-0.25, -0.2) is 8.42 Å². The third-order valence-corrected chi connectivity index (χ3v) is 4.38. The molecule has 2 heterocycles. The predicted octanol–water partition coefficient (Wildman–Crippen LogP) is 0.478. The fourth-order valence-corrected chi connectivity index (χ4v) is 3.25. The van der Waals surface area contributed by atoms with Crippen molar-refractivity contribution < 1.29 is 17.7 Å². The van der Waals surface area contributed by atoms with E-state index < -0.39 is 10.0 Å². The third kappa shape index (κ3) is 2.92. The summed E-state index contributed by atoms with van der Waals surface area (Å²) < 4.78 is 30.0. The van der Waals surface area contributed by atoms with Crippen molar-refractivity contribution in [2.45, 2.75) is 25.5 Å². The minimum absolute atomic E-state index is 0.0147. The topological polar surface area (TPSA) is 80.5 Å². The van der Waals surface area contributed by atoms with Crippen LogP contribution in [0.4, 0.5) is 0 Å². The molecule has 0 aliphatic carbocycles. The maximum atomic E-state index is 12.0. The van der Waals surface area contributed by atoms with E-state index in [1.54, 1.807) is 13.0 Å². The van der Waals surface area contributed by atoms with Crippen LogP contribution in [0.5, 0.6) is 0 Å². The Morgan fingerprint density at radius 2 is 2.29 bits per heavy atom. The standard InChI is InChI=1S/C10H14N2O4S/c1-8-5-9(11-16-8)7-17(14,15)12-4-2-3-10(13)6-12/h5H,2-4,6-7H2,1H3. The predicted molar refractivity (Wildman–Crippen MR) is 59.7 cm³/mol. The van der Waals surface area contributed by atoms with Gasteiger partial charge in [-0.3, -0.25) is 4.79 Å². The van der Waals surface area contributed by atoms with Gasteiger partial charge >= 0.3 is 0 Å². The van der Waals surface area contributed by atoms with Gasteiger partial charge in [0.25, 0.3) is 0 Å². The van der Waals surface area contributed by atoms with Crippen molar-refractivity contribution in [3.63, 3.8) is 0 Å². The van der Waals surface area contributed by atoms with Crippen LogP contribution in [0.25, 0.3) is 0 Å². The van der Waals surface area contributed by atoms with Crippen LogP contribution in [0.3, 0.4) is 0 Å². The Labute approximate surface area is 99.6 Å². The smallest absolute Gasteiger partial charge is 0.220 e. The van der Waals surface area contributed by atoms with Crippen LogP contribution in [-0.2, 0) is 20.6 Å².